The van der Waals surface area contributed by atoms with E-state index in [4.69, 9.17) is 4.74 Å². The van der Waals surface area contributed by atoms with Crippen molar-refractivity contribution in [2.45, 2.75) is 6.92 Å². The fraction of sp³-hybridized carbons (Fsp3) is 0.364. The number of hydrogen-bond acceptors (Lipinski definition) is 3. The Bertz CT molecular complexity index is 360. The molecule has 16 heavy (non-hydrogen) atoms. The lowest BCUT2D eigenvalue weighted by Crippen LogP contribution is -2.11. The van der Waals surface area contributed by atoms with Crippen molar-refractivity contribution in [3.8, 4) is 5.75 Å². The van der Waals surface area contributed by atoms with E-state index in [-0.39, 0.29) is 6.09 Å². The molecule has 1 aliphatic heterocycles. The first kappa shape index (κ1) is 12.8. The monoisotopic (exact) mass is 287 g/mol. The number of amides is 1. The predicted molar refractivity (Wildman–Crippen MR) is 64.8 cm³/mol. The Morgan fingerprint density at radius 3 is 2.62 bits per heavy atom. The van der Waals surface area contributed by atoms with E-state index < -0.39 is 0 Å². The van der Waals surface area contributed by atoms with Gasteiger partial charge in [0.2, 0.25) is 0 Å². The van der Waals surface area contributed by atoms with Crippen LogP contribution in [0.15, 0.2) is 22.7 Å². The number of carbonyl (C=O) groups is 1. The zero-order valence-electron chi connectivity index (χ0n) is 9.25. The average Bonchev–Trinajstić information content (AvgIpc) is 2.70. The zero-order valence-corrected chi connectivity index (χ0v) is 10.8. The maximum absolute atomic E-state index is 9.91. The third kappa shape index (κ3) is 4.10. The van der Waals surface area contributed by atoms with Crippen molar-refractivity contribution < 1.29 is 14.3 Å². The number of rotatable bonds is 1. The van der Waals surface area contributed by atoms with Gasteiger partial charge in [0, 0.05) is 0 Å². The van der Waals surface area contributed by atoms with Gasteiger partial charge in [-0.05, 0) is 40.5 Å². The van der Waals surface area contributed by atoms with Gasteiger partial charge >= 0.3 is 6.09 Å². The molecule has 1 aromatic carbocycles. The number of methoxy groups -OCH3 is 1. The molecule has 4 nitrogen and oxygen atoms in total. The lowest BCUT2D eigenvalue weighted by molar-refractivity contribution is 0.178. The SMILES string of the molecule is COc1ccc(C)cc1Br.O=C1NCCO1. The maximum Gasteiger partial charge on any atom is 0.407 e. The number of nitrogens with one attached hydrogen (secondary N) is 1. The Morgan fingerprint density at radius 1 is 1.50 bits per heavy atom. The highest BCUT2D eigenvalue weighted by molar-refractivity contribution is 9.10. The van der Waals surface area contributed by atoms with Crippen LogP contribution in [-0.2, 0) is 4.74 Å². The van der Waals surface area contributed by atoms with Gasteiger partial charge in [-0.1, -0.05) is 6.07 Å². The molecule has 2 rings (SSSR count). The van der Waals surface area contributed by atoms with Gasteiger partial charge in [-0.3, -0.25) is 0 Å². The van der Waals surface area contributed by atoms with Crippen LogP contribution in [0, 0.1) is 6.92 Å². The fourth-order valence-corrected chi connectivity index (χ4v) is 1.77. The Kier molecular flexibility index (Phi) is 5.11. The highest BCUT2D eigenvalue weighted by Gasteiger charge is 2.06. The van der Waals surface area contributed by atoms with E-state index in [0.29, 0.717) is 13.2 Å². The number of cyclic esters (lactones) is 1. The van der Waals surface area contributed by atoms with E-state index in [0.717, 1.165) is 10.2 Å². The second-order valence-corrected chi connectivity index (χ2v) is 4.06. The first-order valence-electron chi connectivity index (χ1n) is 4.84. The third-order valence-corrected chi connectivity index (χ3v) is 2.53. The van der Waals surface area contributed by atoms with Crippen LogP contribution < -0.4 is 10.1 Å². The summed E-state index contributed by atoms with van der Waals surface area (Å²) in [5.41, 5.74) is 1.23. The molecule has 1 aliphatic rings. The first-order valence-corrected chi connectivity index (χ1v) is 5.63. The summed E-state index contributed by atoms with van der Waals surface area (Å²) >= 11 is 3.38. The van der Waals surface area contributed by atoms with E-state index in [1.54, 1.807) is 7.11 Å². The minimum atomic E-state index is -0.296. The van der Waals surface area contributed by atoms with Crippen LogP contribution in [0.1, 0.15) is 5.56 Å². The smallest absolute Gasteiger partial charge is 0.407 e. The molecule has 1 amide bonds. The molecular formula is C11H14BrNO3. The molecule has 88 valence electrons. The fourth-order valence-electron chi connectivity index (χ4n) is 1.12. The molecule has 0 atom stereocenters. The van der Waals surface area contributed by atoms with Gasteiger partial charge in [-0.25, -0.2) is 4.79 Å². The minimum absolute atomic E-state index is 0.296. The van der Waals surface area contributed by atoms with Gasteiger partial charge in [0.1, 0.15) is 12.4 Å². The molecule has 1 saturated heterocycles. The molecule has 1 fully saturated rings. The normalized spacial score (nSPS) is 13.3. The number of benzene rings is 1. The topological polar surface area (TPSA) is 47.6 Å². The molecule has 0 saturated carbocycles. The molecule has 0 bridgehead atoms. The number of ether oxygens (including phenoxy) is 2. The standard InChI is InChI=1S/C8H9BrO.C3H5NO2/c1-6-3-4-8(10-2)7(9)5-6;5-3-4-1-2-6-3/h3-5H,1-2H3;1-2H2,(H,4,5). The Hall–Kier alpha value is -1.23. The van der Waals surface area contributed by atoms with Crippen LogP contribution in [0.3, 0.4) is 0 Å². The molecule has 0 unspecified atom stereocenters. The lowest BCUT2D eigenvalue weighted by atomic mass is 10.2. The number of alkyl carbamates (subject to hydrolysis) is 1. The molecule has 1 N–H and O–H groups in total. The molecule has 0 aromatic heterocycles. The van der Waals surface area contributed by atoms with Gasteiger partial charge in [-0.15, -0.1) is 0 Å². The van der Waals surface area contributed by atoms with Crippen molar-refractivity contribution in [3.05, 3.63) is 28.2 Å². The second-order valence-electron chi connectivity index (χ2n) is 3.20. The van der Waals surface area contributed by atoms with Gasteiger partial charge in [0.15, 0.2) is 0 Å². The average molecular weight is 288 g/mol. The molecule has 1 aromatic rings. The van der Waals surface area contributed by atoms with Gasteiger partial charge in [0.25, 0.3) is 0 Å². The Labute approximate surface area is 103 Å². The van der Waals surface area contributed by atoms with Gasteiger partial charge in [0.05, 0.1) is 18.1 Å². The number of halogens is 1. The van der Waals surface area contributed by atoms with Crippen LogP contribution in [0.25, 0.3) is 0 Å². The van der Waals surface area contributed by atoms with Crippen molar-refractivity contribution in [2.24, 2.45) is 0 Å². The van der Waals surface area contributed by atoms with Crippen LogP contribution >= 0.6 is 15.9 Å². The maximum atomic E-state index is 9.91. The summed E-state index contributed by atoms with van der Waals surface area (Å²) in [6.07, 6.45) is -0.296. The largest absolute Gasteiger partial charge is 0.496 e. The Morgan fingerprint density at radius 2 is 2.25 bits per heavy atom. The van der Waals surface area contributed by atoms with Crippen molar-refractivity contribution >= 4 is 22.0 Å². The first-order chi connectivity index (χ1) is 7.63. The molecule has 0 spiro atoms. The second kappa shape index (κ2) is 6.37. The summed E-state index contributed by atoms with van der Waals surface area (Å²) in [7, 11) is 1.66. The lowest BCUT2D eigenvalue weighted by Gasteiger charge is -2.02. The van der Waals surface area contributed by atoms with Crippen LogP contribution in [0.5, 0.6) is 5.75 Å². The summed E-state index contributed by atoms with van der Waals surface area (Å²) in [5, 5.41) is 2.46. The predicted octanol–water partition coefficient (Wildman–Crippen LogP) is 2.49. The highest BCUT2D eigenvalue weighted by Crippen LogP contribution is 2.24. The van der Waals surface area contributed by atoms with Crippen molar-refractivity contribution in [3.63, 3.8) is 0 Å². The van der Waals surface area contributed by atoms with E-state index >= 15 is 0 Å². The third-order valence-electron chi connectivity index (χ3n) is 1.91. The molecular weight excluding hydrogens is 274 g/mol. The van der Waals surface area contributed by atoms with Crippen LogP contribution in [-0.4, -0.2) is 26.4 Å². The molecule has 1 heterocycles. The van der Waals surface area contributed by atoms with Crippen molar-refractivity contribution in [2.75, 3.05) is 20.3 Å². The van der Waals surface area contributed by atoms with E-state index in [9.17, 15) is 4.79 Å². The summed E-state index contributed by atoms with van der Waals surface area (Å²) in [6, 6.07) is 5.99. The summed E-state index contributed by atoms with van der Waals surface area (Å²) in [5.74, 6) is 0.880. The number of carbonyl (C=O) groups excluding carboxylic acids is 1. The van der Waals surface area contributed by atoms with Crippen LogP contribution in [0.2, 0.25) is 0 Å². The van der Waals surface area contributed by atoms with Crippen molar-refractivity contribution in [1.82, 2.24) is 5.32 Å². The highest BCUT2D eigenvalue weighted by atomic mass is 79.9. The zero-order chi connectivity index (χ0) is 12.0. The number of hydrogen-bond donors (Lipinski definition) is 1. The van der Waals surface area contributed by atoms with E-state index in [2.05, 4.69) is 26.0 Å². The minimum Gasteiger partial charge on any atom is -0.496 e. The Balaban J connectivity index is 0.000000181. The van der Waals surface area contributed by atoms with E-state index in [1.165, 1.54) is 5.56 Å². The molecule has 0 aliphatic carbocycles. The summed E-state index contributed by atoms with van der Waals surface area (Å²) in [6.45, 7) is 3.24. The number of aryl methyl sites for hydroxylation is 1. The van der Waals surface area contributed by atoms with Gasteiger partial charge in [-0.2, -0.15) is 0 Å². The molecule has 5 heteroatoms. The van der Waals surface area contributed by atoms with Crippen LogP contribution in [0.4, 0.5) is 4.79 Å². The van der Waals surface area contributed by atoms with Gasteiger partial charge < -0.3 is 14.8 Å². The summed E-state index contributed by atoms with van der Waals surface area (Å²) in [4.78, 5) is 9.91. The molecule has 0 radical (unpaired) electrons. The quantitative estimate of drug-likeness (QED) is 0.863. The summed E-state index contributed by atoms with van der Waals surface area (Å²) < 4.78 is 10.5. The van der Waals surface area contributed by atoms with Crippen molar-refractivity contribution in [1.29, 1.82) is 0 Å². The van der Waals surface area contributed by atoms with E-state index in [1.807, 2.05) is 25.1 Å².